The summed E-state index contributed by atoms with van der Waals surface area (Å²) < 4.78 is 15.5. The van der Waals surface area contributed by atoms with Gasteiger partial charge in [0, 0.05) is 37.0 Å². The number of nitrogens with zero attached hydrogens (tertiary/aromatic N) is 5. The molecule has 12 nitrogen and oxygen atoms in total. The van der Waals surface area contributed by atoms with Gasteiger partial charge in [-0.1, -0.05) is 17.9 Å². The summed E-state index contributed by atoms with van der Waals surface area (Å²) in [6.45, 7) is 11.6. The Bertz CT molecular complexity index is 1910. The zero-order valence-corrected chi connectivity index (χ0v) is 24.3. The number of amides is 5. The number of fused-ring (bicyclic) bond motifs is 1. The van der Waals surface area contributed by atoms with Gasteiger partial charge in [0.2, 0.25) is 17.5 Å². The van der Waals surface area contributed by atoms with Gasteiger partial charge >= 0.3 is 0 Å². The first kappa shape index (κ1) is 29.3. The van der Waals surface area contributed by atoms with Gasteiger partial charge in [-0.3, -0.25) is 38.9 Å². The number of hydrogen-bond donors (Lipinski definition) is 2. The topological polar surface area (TPSA) is 138 Å². The zero-order valence-electron chi connectivity index (χ0n) is 24.3. The van der Waals surface area contributed by atoms with Crippen LogP contribution in [0.1, 0.15) is 53.0 Å². The van der Waals surface area contributed by atoms with E-state index in [-0.39, 0.29) is 41.3 Å². The highest BCUT2D eigenvalue weighted by Crippen LogP contribution is 2.30. The predicted molar refractivity (Wildman–Crippen MR) is 159 cm³/mol. The number of rotatable bonds is 5. The van der Waals surface area contributed by atoms with Crippen molar-refractivity contribution in [3.05, 3.63) is 82.7 Å². The molecule has 3 aliphatic rings. The van der Waals surface area contributed by atoms with Crippen molar-refractivity contribution in [2.75, 3.05) is 23.3 Å². The fraction of sp³-hybridized carbons (Fsp3) is 0.281. The van der Waals surface area contributed by atoms with Crippen LogP contribution in [-0.4, -0.2) is 63.3 Å². The molecule has 5 amide bonds. The number of hydrogen-bond acceptors (Lipinski definition) is 7. The highest BCUT2D eigenvalue weighted by Gasteiger charge is 2.44. The van der Waals surface area contributed by atoms with Crippen LogP contribution in [0.4, 0.5) is 21.5 Å². The van der Waals surface area contributed by atoms with Crippen LogP contribution in [0.2, 0.25) is 0 Å². The van der Waals surface area contributed by atoms with Gasteiger partial charge in [-0.05, 0) is 50.6 Å². The van der Waals surface area contributed by atoms with Crippen LogP contribution in [0.25, 0.3) is 4.85 Å². The summed E-state index contributed by atoms with van der Waals surface area (Å²) in [6, 6.07) is 7.60. The molecule has 2 aromatic carbocycles. The van der Waals surface area contributed by atoms with E-state index in [0.29, 0.717) is 18.7 Å². The second kappa shape index (κ2) is 11.0. The summed E-state index contributed by atoms with van der Waals surface area (Å²) in [5.74, 6) is 2.93. The van der Waals surface area contributed by atoms with E-state index in [9.17, 15) is 28.4 Å². The third kappa shape index (κ3) is 5.29. The maximum Gasteiger partial charge on any atom is 0.262 e. The van der Waals surface area contributed by atoms with Crippen LogP contribution in [0.3, 0.4) is 0 Å². The fourth-order valence-electron chi connectivity index (χ4n) is 5.36. The molecule has 3 aliphatic heterocycles. The molecule has 0 aliphatic carbocycles. The van der Waals surface area contributed by atoms with Crippen LogP contribution >= 0.6 is 0 Å². The Morgan fingerprint density at radius 1 is 1.11 bits per heavy atom. The van der Waals surface area contributed by atoms with Gasteiger partial charge < -0.3 is 10.2 Å². The molecule has 0 radical (unpaired) electrons. The Kier molecular flexibility index (Phi) is 7.17. The summed E-state index contributed by atoms with van der Waals surface area (Å²) in [7, 11) is 0. The molecule has 2 fully saturated rings. The minimum atomic E-state index is -1.10. The molecule has 6 rings (SSSR count). The molecule has 0 saturated carbocycles. The number of benzene rings is 2. The van der Waals surface area contributed by atoms with Crippen LogP contribution in [-0.2, 0) is 19.9 Å². The van der Waals surface area contributed by atoms with E-state index in [1.54, 1.807) is 38.4 Å². The Morgan fingerprint density at radius 2 is 1.87 bits per heavy atom. The molecule has 4 heterocycles. The SMILES string of the molecule is [C-]#[N+]c1ccc(NC(=O)C(C)(C)n2cc(N3CC(C#Cc4ccc5c(c4)C(=O)N(C4CCC(=O)NC4=O)C5=O)C3)cn2)cc1F. The van der Waals surface area contributed by atoms with Crippen molar-refractivity contribution in [1.82, 2.24) is 20.0 Å². The first-order valence-electron chi connectivity index (χ1n) is 14.1. The van der Waals surface area contributed by atoms with Crippen molar-refractivity contribution >= 4 is 46.6 Å². The maximum absolute atomic E-state index is 14.0. The third-order valence-corrected chi connectivity index (χ3v) is 8.13. The standard InChI is InChI=1S/C32H26FN7O5/c1-32(2,31(45)36-20-7-9-25(34-3)24(33)13-20)39-17-21(14-35-39)38-15-19(16-38)5-4-18-6-8-22-23(12-18)30(44)40(29(22)43)26-10-11-27(41)37-28(26)42/h6-9,12-14,17,19,26H,10-11,15-16H2,1-2H3,(H,36,45)(H,37,41,42). The second-order valence-corrected chi connectivity index (χ2v) is 11.5. The van der Waals surface area contributed by atoms with Crippen LogP contribution in [0.15, 0.2) is 48.8 Å². The number of nitrogens with one attached hydrogen (secondary N) is 2. The molecule has 0 bridgehead atoms. The van der Waals surface area contributed by atoms with E-state index >= 15 is 0 Å². The number of halogens is 1. The van der Waals surface area contributed by atoms with Crippen molar-refractivity contribution in [2.45, 2.75) is 38.3 Å². The number of aromatic nitrogens is 2. The maximum atomic E-state index is 14.0. The monoisotopic (exact) mass is 607 g/mol. The molecule has 3 aromatic rings. The summed E-state index contributed by atoms with van der Waals surface area (Å²) >= 11 is 0. The average molecular weight is 608 g/mol. The van der Waals surface area contributed by atoms with Crippen molar-refractivity contribution in [2.24, 2.45) is 5.92 Å². The first-order chi connectivity index (χ1) is 21.5. The summed E-state index contributed by atoms with van der Waals surface area (Å²) in [5.41, 5.74) is 0.746. The van der Waals surface area contributed by atoms with Crippen LogP contribution in [0, 0.1) is 30.1 Å². The smallest absolute Gasteiger partial charge is 0.262 e. The molecule has 2 N–H and O–H groups in total. The van der Waals surface area contributed by atoms with Crippen molar-refractivity contribution in [1.29, 1.82) is 0 Å². The van der Waals surface area contributed by atoms with E-state index in [2.05, 4.69) is 37.3 Å². The molecule has 13 heteroatoms. The zero-order chi connectivity index (χ0) is 32.0. The number of carbonyl (C=O) groups excluding carboxylic acids is 5. The van der Waals surface area contributed by atoms with E-state index < -0.39 is 46.9 Å². The minimum absolute atomic E-state index is 0.0311. The van der Waals surface area contributed by atoms with E-state index in [4.69, 9.17) is 6.57 Å². The van der Waals surface area contributed by atoms with Gasteiger partial charge in [-0.25, -0.2) is 9.24 Å². The molecule has 1 atom stereocenters. The van der Waals surface area contributed by atoms with Crippen LogP contribution < -0.4 is 15.5 Å². The predicted octanol–water partition coefficient (Wildman–Crippen LogP) is 2.84. The van der Waals surface area contributed by atoms with E-state index in [0.717, 1.165) is 16.7 Å². The Morgan fingerprint density at radius 3 is 2.58 bits per heavy atom. The Hall–Kier alpha value is -5.82. The lowest BCUT2D eigenvalue weighted by molar-refractivity contribution is -0.136. The van der Waals surface area contributed by atoms with E-state index in [1.807, 2.05) is 0 Å². The van der Waals surface area contributed by atoms with Crippen molar-refractivity contribution < 1.29 is 28.4 Å². The highest BCUT2D eigenvalue weighted by molar-refractivity contribution is 6.23. The van der Waals surface area contributed by atoms with Crippen molar-refractivity contribution in [3.8, 4) is 11.8 Å². The summed E-state index contributed by atoms with van der Waals surface area (Å²) in [4.78, 5) is 68.8. The van der Waals surface area contributed by atoms with Gasteiger partial charge in [-0.15, -0.1) is 0 Å². The molecular formula is C32H26FN7O5. The lowest BCUT2D eigenvalue weighted by Crippen LogP contribution is -2.54. The van der Waals surface area contributed by atoms with Crippen molar-refractivity contribution in [3.63, 3.8) is 0 Å². The number of piperidine rings is 1. The highest BCUT2D eigenvalue weighted by atomic mass is 19.1. The molecular weight excluding hydrogens is 581 g/mol. The normalized spacial score (nSPS) is 18.0. The quantitative estimate of drug-likeness (QED) is 0.259. The first-order valence-corrected chi connectivity index (χ1v) is 14.1. The summed E-state index contributed by atoms with van der Waals surface area (Å²) in [5, 5.41) is 9.23. The fourth-order valence-corrected chi connectivity index (χ4v) is 5.36. The van der Waals surface area contributed by atoms with Gasteiger partial charge in [0.05, 0.1) is 35.5 Å². The molecule has 1 unspecified atom stereocenters. The lowest BCUT2D eigenvalue weighted by Gasteiger charge is -2.37. The molecule has 45 heavy (non-hydrogen) atoms. The third-order valence-electron chi connectivity index (χ3n) is 8.13. The molecule has 0 spiro atoms. The average Bonchev–Trinajstić information content (AvgIpc) is 3.56. The second-order valence-electron chi connectivity index (χ2n) is 11.5. The largest absolute Gasteiger partial charge is 0.366 e. The van der Waals surface area contributed by atoms with Crippen LogP contribution in [0.5, 0.6) is 0 Å². The molecule has 1 aromatic heterocycles. The lowest BCUT2D eigenvalue weighted by atomic mass is 9.99. The summed E-state index contributed by atoms with van der Waals surface area (Å²) in [6.07, 6.45) is 3.55. The molecule has 226 valence electrons. The van der Waals surface area contributed by atoms with Gasteiger partial charge in [0.15, 0.2) is 0 Å². The molecule has 2 saturated heterocycles. The number of imide groups is 2. The minimum Gasteiger partial charge on any atom is -0.366 e. The number of anilines is 2. The Labute approximate surface area is 257 Å². The van der Waals surface area contributed by atoms with E-state index in [1.165, 1.54) is 22.9 Å². The van der Waals surface area contributed by atoms with Gasteiger partial charge in [0.25, 0.3) is 17.7 Å². The van der Waals surface area contributed by atoms with Gasteiger partial charge in [0.1, 0.15) is 17.4 Å². The number of carbonyl (C=O) groups is 5. The Balaban J connectivity index is 1.07. The van der Waals surface area contributed by atoms with Gasteiger partial charge in [-0.2, -0.15) is 5.10 Å².